The fraction of sp³-hybridized carbons (Fsp3) is 0.520. The number of ether oxygens (including phenoxy) is 1. The summed E-state index contributed by atoms with van der Waals surface area (Å²) in [6.07, 6.45) is 4.41. The van der Waals surface area contributed by atoms with Crippen molar-refractivity contribution in [1.29, 1.82) is 0 Å². The number of hydrogen-bond donors (Lipinski definition) is 1. The number of piperazine rings is 1. The number of nitrogens with one attached hydrogen (secondary N) is 1. The molecule has 2 aliphatic rings. The Hall–Kier alpha value is -2.06. The minimum atomic E-state index is -0.0918. The number of halogens is 2. The van der Waals surface area contributed by atoms with Gasteiger partial charge < -0.3 is 15.0 Å². The van der Waals surface area contributed by atoms with E-state index in [1.807, 2.05) is 24.1 Å². The maximum atomic E-state index is 12.6. The average Bonchev–Trinajstić information content (AvgIpc) is 2.84. The number of pyridine rings is 1. The summed E-state index contributed by atoms with van der Waals surface area (Å²) in [7, 11) is 0. The Balaban J connectivity index is 1.20. The van der Waals surface area contributed by atoms with Gasteiger partial charge in [0, 0.05) is 63.8 Å². The second kappa shape index (κ2) is 12.1. The summed E-state index contributed by atoms with van der Waals surface area (Å²) in [4.78, 5) is 23.9. The molecule has 2 aliphatic heterocycles. The minimum absolute atomic E-state index is 0.0918. The lowest BCUT2D eigenvalue weighted by Gasteiger charge is -2.39. The van der Waals surface area contributed by atoms with Crippen LogP contribution in [-0.4, -0.2) is 78.1 Å². The van der Waals surface area contributed by atoms with Gasteiger partial charge in [-0.2, -0.15) is 0 Å². The van der Waals surface area contributed by atoms with E-state index < -0.39 is 0 Å². The molecule has 34 heavy (non-hydrogen) atoms. The molecule has 0 saturated carbocycles. The number of urea groups is 1. The van der Waals surface area contributed by atoms with Crippen molar-refractivity contribution in [3.8, 4) is 5.88 Å². The molecule has 1 aromatic heterocycles. The number of aromatic nitrogens is 1. The molecule has 1 N–H and O–H groups in total. The van der Waals surface area contributed by atoms with Crippen molar-refractivity contribution in [2.75, 3.05) is 57.7 Å². The fourth-order valence-corrected chi connectivity index (χ4v) is 5.01. The molecule has 184 valence electrons. The van der Waals surface area contributed by atoms with E-state index in [0.29, 0.717) is 34.1 Å². The topological polar surface area (TPSA) is 60.9 Å². The molecular formula is C25H33Cl2N5O2. The number of carbonyl (C=O) groups excluding carboxylic acids is 1. The van der Waals surface area contributed by atoms with E-state index in [1.165, 1.54) is 18.4 Å². The van der Waals surface area contributed by atoms with E-state index in [0.717, 1.165) is 52.4 Å². The third-order valence-corrected chi connectivity index (χ3v) is 7.18. The number of carbonyl (C=O) groups is 1. The van der Waals surface area contributed by atoms with Gasteiger partial charge in [0.25, 0.3) is 0 Å². The van der Waals surface area contributed by atoms with Gasteiger partial charge in [-0.05, 0) is 56.0 Å². The molecule has 1 atom stereocenters. The highest BCUT2D eigenvalue weighted by Crippen LogP contribution is 2.25. The van der Waals surface area contributed by atoms with Crippen molar-refractivity contribution in [3.63, 3.8) is 0 Å². The molecule has 0 aliphatic carbocycles. The molecule has 2 amide bonds. The van der Waals surface area contributed by atoms with Gasteiger partial charge in [-0.3, -0.25) is 9.80 Å². The average molecular weight is 506 g/mol. The van der Waals surface area contributed by atoms with E-state index in [1.54, 1.807) is 18.2 Å². The third kappa shape index (κ3) is 6.98. The standard InChI is InChI=1S/C25H33Cl2N5O2/c1-2-34-24-8-5-19(15-28-24)16-31-9-3-4-20(18-31)17-30-10-12-32(13-11-30)25(33)29-21-6-7-22(26)23(27)14-21/h5-8,14-15,20H,2-4,9-13,16-18H2,1H3,(H,29,33)/t20-/m0/s1. The third-order valence-electron chi connectivity index (χ3n) is 6.45. The van der Waals surface area contributed by atoms with E-state index >= 15 is 0 Å². The molecule has 4 rings (SSSR count). The Bertz CT molecular complexity index is 951. The minimum Gasteiger partial charge on any atom is -0.478 e. The Kier molecular flexibility index (Phi) is 8.89. The zero-order chi connectivity index (χ0) is 23.9. The second-order valence-corrected chi connectivity index (χ2v) is 9.84. The molecule has 2 aromatic rings. The summed E-state index contributed by atoms with van der Waals surface area (Å²) in [5, 5.41) is 3.83. The number of benzene rings is 1. The Morgan fingerprint density at radius 2 is 1.91 bits per heavy atom. The SMILES string of the molecule is CCOc1ccc(CN2CCC[C@@H](CN3CCN(C(=O)Nc4ccc(Cl)c(Cl)c4)CC3)C2)cn1. The smallest absolute Gasteiger partial charge is 0.321 e. The monoisotopic (exact) mass is 505 g/mol. The van der Waals surface area contributed by atoms with Crippen LogP contribution in [0.25, 0.3) is 0 Å². The molecule has 7 nitrogen and oxygen atoms in total. The number of likely N-dealkylation sites (tertiary alicyclic amines) is 1. The summed E-state index contributed by atoms with van der Waals surface area (Å²) in [6.45, 7) is 10.1. The number of nitrogens with zero attached hydrogens (tertiary/aromatic N) is 4. The Morgan fingerprint density at radius 3 is 2.62 bits per heavy atom. The first kappa shape index (κ1) is 25.0. The number of amides is 2. The van der Waals surface area contributed by atoms with Crippen molar-refractivity contribution in [2.45, 2.75) is 26.3 Å². The molecule has 2 saturated heterocycles. The second-order valence-electron chi connectivity index (χ2n) is 9.03. The molecule has 0 radical (unpaired) electrons. The number of hydrogen-bond acceptors (Lipinski definition) is 5. The van der Waals surface area contributed by atoms with Gasteiger partial charge in [0.1, 0.15) is 0 Å². The van der Waals surface area contributed by atoms with Crippen molar-refractivity contribution in [3.05, 3.63) is 52.1 Å². The van der Waals surface area contributed by atoms with Crippen LogP contribution < -0.4 is 10.1 Å². The van der Waals surface area contributed by atoms with Gasteiger partial charge in [-0.15, -0.1) is 0 Å². The lowest BCUT2D eigenvalue weighted by atomic mass is 9.96. The zero-order valence-corrected chi connectivity index (χ0v) is 21.2. The molecule has 3 heterocycles. The van der Waals surface area contributed by atoms with Crippen molar-refractivity contribution in [2.24, 2.45) is 5.92 Å². The molecule has 1 aromatic carbocycles. The quantitative estimate of drug-likeness (QED) is 0.582. The molecule has 0 bridgehead atoms. The van der Waals surface area contributed by atoms with Gasteiger partial charge in [-0.25, -0.2) is 9.78 Å². The molecule has 2 fully saturated rings. The van der Waals surface area contributed by atoms with Crippen LogP contribution in [0.1, 0.15) is 25.3 Å². The van der Waals surface area contributed by atoms with Gasteiger partial charge in [0.2, 0.25) is 5.88 Å². The van der Waals surface area contributed by atoms with Gasteiger partial charge >= 0.3 is 6.03 Å². The van der Waals surface area contributed by atoms with Crippen molar-refractivity contribution < 1.29 is 9.53 Å². The zero-order valence-electron chi connectivity index (χ0n) is 19.7. The highest BCUT2D eigenvalue weighted by atomic mass is 35.5. The first-order valence-corrected chi connectivity index (χ1v) is 12.8. The van der Waals surface area contributed by atoms with Crippen LogP contribution in [0.15, 0.2) is 36.5 Å². The lowest BCUT2D eigenvalue weighted by molar-refractivity contribution is 0.0984. The summed E-state index contributed by atoms with van der Waals surface area (Å²) < 4.78 is 5.44. The number of rotatable bonds is 7. The summed E-state index contributed by atoms with van der Waals surface area (Å²) in [6, 6.07) is 9.11. The van der Waals surface area contributed by atoms with Gasteiger partial charge in [-0.1, -0.05) is 29.3 Å². The lowest BCUT2D eigenvalue weighted by Crippen LogP contribution is -2.52. The summed E-state index contributed by atoms with van der Waals surface area (Å²) >= 11 is 12.0. The van der Waals surface area contributed by atoms with E-state index in [4.69, 9.17) is 27.9 Å². The van der Waals surface area contributed by atoms with Gasteiger partial charge in [0.15, 0.2) is 0 Å². The Morgan fingerprint density at radius 1 is 1.09 bits per heavy atom. The normalized spacial score (nSPS) is 19.7. The van der Waals surface area contributed by atoms with Crippen LogP contribution in [0.2, 0.25) is 10.0 Å². The summed E-state index contributed by atoms with van der Waals surface area (Å²) in [5.41, 5.74) is 1.89. The molecular weight excluding hydrogens is 473 g/mol. The maximum Gasteiger partial charge on any atom is 0.321 e. The molecule has 0 spiro atoms. The van der Waals surface area contributed by atoms with E-state index in [2.05, 4.69) is 26.2 Å². The van der Waals surface area contributed by atoms with E-state index in [-0.39, 0.29) is 6.03 Å². The predicted molar refractivity (Wildman–Crippen MR) is 137 cm³/mol. The van der Waals surface area contributed by atoms with Crippen LogP contribution in [-0.2, 0) is 6.54 Å². The van der Waals surface area contributed by atoms with Gasteiger partial charge in [0.05, 0.1) is 16.7 Å². The number of anilines is 1. The first-order chi connectivity index (χ1) is 16.5. The fourth-order valence-electron chi connectivity index (χ4n) is 4.71. The van der Waals surface area contributed by atoms with Crippen molar-refractivity contribution >= 4 is 34.9 Å². The predicted octanol–water partition coefficient (Wildman–Crippen LogP) is 4.85. The van der Waals surface area contributed by atoms with Crippen LogP contribution in [0.3, 0.4) is 0 Å². The molecule has 0 unspecified atom stereocenters. The van der Waals surface area contributed by atoms with E-state index in [9.17, 15) is 4.79 Å². The first-order valence-electron chi connectivity index (χ1n) is 12.0. The maximum absolute atomic E-state index is 12.6. The van der Waals surface area contributed by atoms with Crippen LogP contribution in [0.4, 0.5) is 10.5 Å². The Labute approximate surface area is 212 Å². The summed E-state index contributed by atoms with van der Waals surface area (Å²) in [5.74, 6) is 1.34. The largest absolute Gasteiger partial charge is 0.478 e. The van der Waals surface area contributed by atoms with Crippen LogP contribution in [0, 0.1) is 5.92 Å². The van der Waals surface area contributed by atoms with Crippen LogP contribution >= 0.6 is 23.2 Å². The number of piperidine rings is 1. The molecule has 9 heteroatoms. The van der Waals surface area contributed by atoms with Crippen molar-refractivity contribution in [1.82, 2.24) is 19.7 Å². The van der Waals surface area contributed by atoms with Crippen LogP contribution in [0.5, 0.6) is 5.88 Å². The highest BCUT2D eigenvalue weighted by Gasteiger charge is 2.26. The highest BCUT2D eigenvalue weighted by molar-refractivity contribution is 6.42.